The lowest BCUT2D eigenvalue weighted by atomic mass is 9.81. The number of hydrogen-bond donors (Lipinski definition) is 0. The second-order valence-corrected chi connectivity index (χ2v) is 10.3. The van der Waals surface area contributed by atoms with Crippen LogP contribution in [0.1, 0.15) is 22.1 Å². The van der Waals surface area contributed by atoms with Crippen molar-refractivity contribution in [2.24, 2.45) is 5.92 Å². The first-order chi connectivity index (χ1) is 14.9. The quantitative estimate of drug-likeness (QED) is 0.662. The first-order valence-electron chi connectivity index (χ1n) is 10.4. The molecule has 2 atom stereocenters. The maximum absolute atomic E-state index is 13.3. The molecule has 0 N–H and O–H groups in total. The highest BCUT2D eigenvalue weighted by Gasteiger charge is 2.60. The van der Waals surface area contributed by atoms with Crippen molar-refractivity contribution < 1.29 is 22.5 Å². The molecule has 31 heavy (non-hydrogen) atoms. The number of rotatable bonds is 4. The summed E-state index contributed by atoms with van der Waals surface area (Å²) in [7, 11) is -3.64. The van der Waals surface area contributed by atoms with Crippen LogP contribution in [0.25, 0.3) is 0 Å². The van der Waals surface area contributed by atoms with Gasteiger partial charge in [-0.3, -0.25) is 4.79 Å². The molecule has 0 unspecified atom stereocenters. The predicted octanol–water partition coefficient (Wildman–Crippen LogP) is 0.281. The van der Waals surface area contributed by atoms with Crippen LogP contribution in [0, 0.1) is 12.8 Å². The molecule has 2 aromatic rings. The van der Waals surface area contributed by atoms with Gasteiger partial charge in [0.25, 0.3) is 16.1 Å². The third-order valence-electron chi connectivity index (χ3n) is 6.46. The third-order valence-corrected chi connectivity index (χ3v) is 8.41. The number of aromatic nitrogens is 2. The summed E-state index contributed by atoms with van der Waals surface area (Å²) in [6.07, 6.45) is 0. The first kappa shape index (κ1) is 20.6. The topological polar surface area (TPSA) is 109 Å². The molecular formula is C20H25N5O5S. The fourth-order valence-corrected chi connectivity index (χ4v) is 6.55. The third kappa shape index (κ3) is 3.45. The van der Waals surface area contributed by atoms with Crippen LogP contribution in [0.2, 0.25) is 0 Å². The predicted molar refractivity (Wildman–Crippen MR) is 109 cm³/mol. The number of carbonyl (C=O) groups excluding carboxylic acids is 1. The van der Waals surface area contributed by atoms with Gasteiger partial charge >= 0.3 is 0 Å². The number of amides is 1. The van der Waals surface area contributed by atoms with Gasteiger partial charge in [0.2, 0.25) is 5.89 Å². The number of aryl methyl sites for hydroxylation is 1. The van der Waals surface area contributed by atoms with E-state index in [1.807, 2.05) is 18.2 Å². The number of benzene rings is 1. The van der Waals surface area contributed by atoms with Gasteiger partial charge in [-0.15, -0.1) is 0 Å². The molecule has 3 fully saturated rings. The van der Waals surface area contributed by atoms with Crippen molar-refractivity contribution in [3.05, 3.63) is 47.6 Å². The van der Waals surface area contributed by atoms with Crippen LogP contribution in [0.4, 0.5) is 0 Å². The normalized spacial score (nSPS) is 27.5. The van der Waals surface area contributed by atoms with Gasteiger partial charge in [0, 0.05) is 50.7 Å². The summed E-state index contributed by atoms with van der Waals surface area (Å²) in [4.78, 5) is 19.3. The van der Waals surface area contributed by atoms with Crippen LogP contribution in [0.5, 0.6) is 0 Å². The van der Waals surface area contributed by atoms with Gasteiger partial charge < -0.3 is 14.2 Å². The molecule has 3 aliphatic heterocycles. The highest BCUT2D eigenvalue weighted by molar-refractivity contribution is 7.86. The van der Waals surface area contributed by atoms with Crippen molar-refractivity contribution in [2.75, 3.05) is 52.5 Å². The van der Waals surface area contributed by atoms with Crippen molar-refractivity contribution in [3.8, 4) is 0 Å². The molecule has 4 heterocycles. The molecule has 5 rings (SSSR count). The Hall–Kier alpha value is -2.34. The van der Waals surface area contributed by atoms with Crippen LogP contribution in [0.15, 0.2) is 34.9 Å². The van der Waals surface area contributed by atoms with E-state index in [4.69, 9.17) is 9.26 Å². The van der Waals surface area contributed by atoms with Crippen LogP contribution in [-0.2, 0) is 20.4 Å². The van der Waals surface area contributed by atoms with E-state index in [9.17, 15) is 13.2 Å². The van der Waals surface area contributed by atoms with E-state index in [1.165, 1.54) is 8.61 Å². The highest BCUT2D eigenvalue weighted by atomic mass is 32.2. The van der Waals surface area contributed by atoms with Gasteiger partial charge in [0.05, 0.1) is 18.6 Å². The summed E-state index contributed by atoms with van der Waals surface area (Å²) in [6.45, 7) is 4.48. The van der Waals surface area contributed by atoms with Crippen molar-refractivity contribution >= 4 is 16.1 Å². The van der Waals surface area contributed by atoms with Gasteiger partial charge in [-0.1, -0.05) is 23.4 Å². The Morgan fingerprint density at radius 2 is 1.84 bits per heavy atom. The number of hydrogen-bond acceptors (Lipinski definition) is 7. The Balaban J connectivity index is 1.44. The summed E-state index contributed by atoms with van der Waals surface area (Å²) >= 11 is 0. The fourth-order valence-electron chi connectivity index (χ4n) is 4.86. The summed E-state index contributed by atoms with van der Waals surface area (Å²) < 4.78 is 40.4. The van der Waals surface area contributed by atoms with Crippen molar-refractivity contribution in [3.63, 3.8) is 0 Å². The molecule has 0 spiro atoms. The Kier molecular flexibility index (Phi) is 5.08. The zero-order chi connectivity index (χ0) is 21.6. The molecule has 0 bridgehead atoms. The van der Waals surface area contributed by atoms with Gasteiger partial charge in [-0.25, -0.2) is 0 Å². The Bertz CT molecular complexity index is 1070. The van der Waals surface area contributed by atoms with Crippen LogP contribution < -0.4 is 0 Å². The lowest BCUT2D eigenvalue weighted by Gasteiger charge is -2.31. The molecule has 10 nitrogen and oxygen atoms in total. The molecule has 3 aliphatic rings. The summed E-state index contributed by atoms with van der Waals surface area (Å²) in [5, 5.41) is 3.94. The number of likely N-dealkylation sites (tertiary alicyclic amines) is 1. The van der Waals surface area contributed by atoms with Gasteiger partial charge in [-0.05, 0) is 19.1 Å². The van der Waals surface area contributed by atoms with Crippen molar-refractivity contribution in [2.45, 2.75) is 12.3 Å². The molecule has 166 valence electrons. The SMILES string of the molecule is Cc1noc([C@@]23CN(C(=O)c4ccccc4)C[C@@H]2CN(S(=O)(=O)N2CCOCC2)C3)n1. The van der Waals surface area contributed by atoms with Crippen molar-refractivity contribution in [1.29, 1.82) is 0 Å². The second kappa shape index (κ2) is 7.66. The Labute approximate surface area is 180 Å². The molecule has 1 aromatic heterocycles. The second-order valence-electron chi connectivity index (χ2n) is 8.36. The minimum atomic E-state index is -3.64. The van der Waals surface area contributed by atoms with E-state index >= 15 is 0 Å². The molecule has 0 saturated carbocycles. The molecule has 0 radical (unpaired) electrons. The summed E-state index contributed by atoms with van der Waals surface area (Å²) in [5.74, 6) is 0.688. The molecular weight excluding hydrogens is 422 g/mol. The first-order valence-corrected chi connectivity index (χ1v) is 11.8. The Morgan fingerprint density at radius 1 is 1.10 bits per heavy atom. The minimum Gasteiger partial charge on any atom is -0.379 e. The van der Waals surface area contributed by atoms with Crippen LogP contribution in [-0.4, -0.2) is 90.5 Å². The Morgan fingerprint density at radius 3 is 2.52 bits per heavy atom. The summed E-state index contributed by atoms with van der Waals surface area (Å²) in [5.41, 5.74) is -0.109. The van der Waals surface area contributed by atoms with E-state index in [-0.39, 0.29) is 18.4 Å². The number of nitrogens with zero attached hydrogens (tertiary/aromatic N) is 5. The largest absolute Gasteiger partial charge is 0.379 e. The minimum absolute atomic E-state index is 0.0757. The van der Waals surface area contributed by atoms with E-state index in [2.05, 4.69) is 10.1 Å². The average Bonchev–Trinajstić information content (AvgIpc) is 3.47. The van der Waals surface area contributed by atoms with Crippen LogP contribution in [0.3, 0.4) is 0 Å². The van der Waals surface area contributed by atoms with Crippen LogP contribution >= 0.6 is 0 Å². The molecule has 11 heteroatoms. The number of fused-ring (bicyclic) bond motifs is 1. The molecule has 3 saturated heterocycles. The monoisotopic (exact) mass is 447 g/mol. The van der Waals surface area contributed by atoms with Crippen molar-refractivity contribution in [1.82, 2.24) is 23.7 Å². The lowest BCUT2D eigenvalue weighted by Crippen LogP contribution is -2.49. The van der Waals surface area contributed by atoms with E-state index in [1.54, 1.807) is 24.0 Å². The average molecular weight is 448 g/mol. The van der Waals surface area contributed by atoms with E-state index in [0.29, 0.717) is 63.2 Å². The van der Waals surface area contributed by atoms with Gasteiger partial charge in [-0.2, -0.15) is 22.0 Å². The molecule has 1 amide bonds. The standard InChI is InChI=1S/C20H25N5O5S/c1-15-21-19(30-22-15)20-13-23(18(26)16-5-3-2-4-6-16)11-17(20)12-25(14-20)31(27,28)24-7-9-29-10-8-24/h2-6,17H,7-14H2,1H3/t17-,20-/m1/s1. The number of carbonyl (C=O) groups is 1. The van der Waals surface area contributed by atoms with Gasteiger partial charge in [0.15, 0.2) is 5.82 Å². The fraction of sp³-hybridized carbons (Fsp3) is 0.550. The van der Waals surface area contributed by atoms with Gasteiger partial charge in [0.1, 0.15) is 0 Å². The maximum atomic E-state index is 13.3. The zero-order valence-electron chi connectivity index (χ0n) is 17.3. The molecule has 1 aromatic carbocycles. The lowest BCUT2D eigenvalue weighted by molar-refractivity contribution is 0.0698. The highest BCUT2D eigenvalue weighted by Crippen LogP contribution is 2.45. The van der Waals surface area contributed by atoms with E-state index in [0.717, 1.165) is 0 Å². The number of morpholine rings is 1. The van der Waals surface area contributed by atoms with E-state index < -0.39 is 15.6 Å². The molecule has 0 aliphatic carbocycles. The zero-order valence-corrected chi connectivity index (χ0v) is 18.1. The number of ether oxygens (including phenoxy) is 1. The smallest absolute Gasteiger partial charge is 0.282 e. The maximum Gasteiger partial charge on any atom is 0.282 e. The summed E-state index contributed by atoms with van der Waals surface area (Å²) in [6, 6.07) is 9.10.